The normalized spacial score (nSPS) is 13.0. The molecule has 0 bridgehead atoms. The largest absolute Gasteiger partial charge is 0.466 e. The molecular formula is C11H15N3OS. The summed E-state index contributed by atoms with van der Waals surface area (Å²) >= 11 is 1.60. The van der Waals surface area contributed by atoms with Gasteiger partial charge in [0, 0.05) is 0 Å². The first-order chi connectivity index (χ1) is 7.61. The van der Waals surface area contributed by atoms with Crippen molar-refractivity contribution in [1.82, 2.24) is 15.5 Å². The number of hydrogen-bond donors (Lipinski definition) is 1. The van der Waals surface area contributed by atoms with E-state index in [2.05, 4.69) is 22.4 Å². The van der Waals surface area contributed by atoms with Crippen molar-refractivity contribution >= 4 is 11.3 Å². The molecule has 1 N–H and O–H groups in total. The topological polar surface area (TPSA) is 51.0 Å². The predicted octanol–water partition coefficient (Wildman–Crippen LogP) is 2.70. The van der Waals surface area contributed by atoms with Crippen molar-refractivity contribution in [2.24, 2.45) is 0 Å². The molecule has 2 aromatic heterocycles. The average Bonchev–Trinajstić information content (AvgIpc) is 2.83. The van der Waals surface area contributed by atoms with E-state index in [0.717, 1.165) is 27.1 Å². The van der Waals surface area contributed by atoms with Crippen LogP contribution in [0.4, 0.5) is 0 Å². The summed E-state index contributed by atoms with van der Waals surface area (Å²) < 4.78 is 5.49. The van der Waals surface area contributed by atoms with Crippen LogP contribution < -0.4 is 5.32 Å². The van der Waals surface area contributed by atoms with E-state index >= 15 is 0 Å². The second kappa shape index (κ2) is 4.35. The highest BCUT2D eigenvalue weighted by atomic mass is 32.1. The smallest absolute Gasteiger partial charge is 0.151 e. The molecule has 2 rings (SSSR count). The fraction of sp³-hybridized carbons (Fsp3) is 0.455. The van der Waals surface area contributed by atoms with E-state index in [9.17, 15) is 0 Å². The minimum atomic E-state index is 0.236. The molecule has 16 heavy (non-hydrogen) atoms. The number of furan rings is 1. The monoisotopic (exact) mass is 237 g/mol. The van der Waals surface area contributed by atoms with Crippen LogP contribution in [0.5, 0.6) is 0 Å². The molecule has 0 saturated carbocycles. The molecule has 86 valence electrons. The Hall–Kier alpha value is -1.20. The van der Waals surface area contributed by atoms with Gasteiger partial charge in [-0.1, -0.05) is 11.3 Å². The third-order valence-corrected chi connectivity index (χ3v) is 3.65. The van der Waals surface area contributed by atoms with Gasteiger partial charge in [0.15, 0.2) is 5.01 Å². The van der Waals surface area contributed by atoms with Crippen molar-refractivity contribution in [3.05, 3.63) is 22.6 Å². The quantitative estimate of drug-likeness (QED) is 0.891. The van der Waals surface area contributed by atoms with E-state index in [1.54, 1.807) is 11.3 Å². The Morgan fingerprint density at radius 2 is 2.12 bits per heavy atom. The van der Waals surface area contributed by atoms with Crippen LogP contribution in [0.15, 0.2) is 10.5 Å². The first-order valence-electron chi connectivity index (χ1n) is 5.20. The van der Waals surface area contributed by atoms with Crippen molar-refractivity contribution < 1.29 is 4.42 Å². The van der Waals surface area contributed by atoms with Gasteiger partial charge in [-0.3, -0.25) is 0 Å². The molecule has 4 nitrogen and oxygen atoms in total. The summed E-state index contributed by atoms with van der Waals surface area (Å²) in [4.78, 5) is 0. The molecule has 0 aliphatic rings. The van der Waals surface area contributed by atoms with Crippen molar-refractivity contribution in [3.63, 3.8) is 0 Å². The fourth-order valence-electron chi connectivity index (χ4n) is 1.49. The van der Waals surface area contributed by atoms with Crippen LogP contribution in [0, 0.1) is 13.8 Å². The fourth-order valence-corrected chi connectivity index (χ4v) is 2.45. The molecular weight excluding hydrogens is 222 g/mol. The number of aryl methyl sites for hydroxylation is 2. The number of nitrogens with one attached hydrogen (secondary N) is 1. The molecule has 1 atom stereocenters. The van der Waals surface area contributed by atoms with Crippen molar-refractivity contribution in [3.8, 4) is 10.6 Å². The Morgan fingerprint density at radius 3 is 2.69 bits per heavy atom. The second-order valence-electron chi connectivity index (χ2n) is 3.78. The lowest BCUT2D eigenvalue weighted by atomic mass is 10.2. The highest BCUT2D eigenvalue weighted by molar-refractivity contribution is 7.14. The van der Waals surface area contributed by atoms with Gasteiger partial charge in [-0.25, -0.2) is 0 Å². The van der Waals surface area contributed by atoms with Crippen LogP contribution in [0.25, 0.3) is 10.6 Å². The van der Waals surface area contributed by atoms with E-state index in [0.29, 0.717) is 0 Å². The molecule has 0 fully saturated rings. The Bertz CT molecular complexity index is 489. The van der Waals surface area contributed by atoms with Gasteiger partial charge in [0.05, 0.1) is 11.6 Å². The number of aromatic nitrogens is 2. The van der Waals surface area contributed by atoms with Gasteiger partial charge in [-0.15, -0.1) is 10.2 Å². The highest BCUT2D eigenvalue weighted by Gasteiger charge is 2.15. The summed E-state index contributed by atoms with van der Waals surface area (Å²) in [6, 6.07) is 2.24. The number of hydrogen-bond acceptors (Lipinski definition) is 5. The Balaban J connectivity index is 2.35. The summed E-state index contributed by atoms with van der Waals surface area (Å²) in [5.41, 5.74) is 1.05. The minimum Gasteiger partial charge on any atom is -0.466 e. The summed E-state index contributed by atoms with van der Waals surface area (Å²) in [7, 11) is 1.92. The van der Waals surface area contributed by atoms with E-state index in [4.69, 9.17) is 4.42 Å². The van der Waals surface area contributed by atoms with Crippen molar-refractivity contribution in [2.45, 2.75) is 26.8 Å². The summed E-state index contributed by atoms with van der Waals surface area (Å²) in [5.74, 6) is 1.81. The standard InChI is InChI=1S/C11H15N3OS/c1-6-5-9(8(3)15-6)11-14-13-10(16-11)7(2)12-4/h5,7,12H,1-4H3. The molecule has 0 aliphatic heterocycles. The van der Waals surface area contributed by atoms with Crippen LogP contribution in [0.1, 0.15) is 29.5 Å². The van der Waals surface area contributed by atoms with E-state index < -0.39 is 0 Å². The Labute approximate surface area is 98.7 Å². The van der Waals surface area contributed by atoms with E-state index in [-0.39, 0.29) is 6.04 Å². The summed E-state index contributed by atoms with van der Waals surface area (Å²) in [6.07, 6.45) is 0. The Kier molecular flexibility index (Phi) is 3.07. The van der Waals surface area contributed by atoms with Crippen LogP contribution in [0.2, 0.25) is 0 Å². The lowest BCUT2D eigenvalue weighted by Crippen LogP contribution is -2.11. The zero-order chi connectivity index (χ0) is 11.7. The predicted molar refractivity (Wildman–Crippen MR) is 64.6 cm³/mol. The van der Waals surface area contributed by atoms with Gasteiger partial charge in [-0.2, -0.15) is 0 Å². The van der Waals surface area contributed by atoms with Gasteiger partial charge in [0.1, 0.15) is 16.5 Å². The molecule has 0 radical (unpaired) electrons. The molecule has 1 unspecified atom stereocenters. The molecule has 5 heteroatoms. The highest BCUT2D eigenvalue weighted by Crippen LogP contribution is 2.30. The van der Waals surface area contributed by atoms with Gasteiger partial charge in [0.25, 0.3) is 0 Å². The average molecular weight is 237 g/mol. The zero-order valence-electron chi connectivity index (χ0n) is 9.87. The molecule has 2 aromatic rings. The zero-order valence-corrected chi connectivity index (χ0v) is 10.7. The lowest BCUT2D eigenvalue weighted by Gasteiger charge is -2.02. The molecule has 0 spiro atoms. The molecule has 0 saturated heterocycles. The van der Waals surface area contributed by atoms with Gasteiger partial charge in [0.2, 0.25) is 0 Å². The third kappa shape index (κ3) is 2.01. The lowest BCUT2D eigenvalue weighted by molar-refractivity contribution is 0.505. The maximum atomic E-state index is 5.49. The number of nitrogens with zero attached hydrogens (tertiary/aromatic N) is 2. The SMILES string of the molecule is CNC(C)c1nnc(-c2cc(C)oc2C)s1. The van der Waals surface area contributed by atoms with Crippen LogP contribution >= 0.6 is 11.3 Å². The minimum absolute atomic E-state index is 0.236. The van der Waals surface area contributed by atoms with Gasteiger partial charge >= 0.3 is 0 Å². The first kappa shape index (κ1) is 11.3. The van der Waals surface area contributed by atoms with E-state index in [1.165, 1.54) is 0 Å². The number of rotatable bonds is 3. The molecule has 2 heterocycles. The summed E-state index contributed by atoms with van der Waals surface area (Å²) in [6.45, 7) is 5.96. The maximum Gasteiger partial charge on any atom is 0.151 e. The molecule has 0 aliphatic carbocycles. The van der Waals surface area contributed by atoms with Gasteiger partial charge < -0.3 is 9.73 Å². The van der Waals surface area contributed by atoms with E-state index in [1.807, 2.05) is 27.0 Å². The third-order valence-electron chi connectivity index (χ3n) is 2.52. The second-order valence-corrected chi connectivity index (χ2v) is 4.79. The molecule has 0 amide bonds. The van der Waals surface area contributed by atoms with Crippen molar-refractivity contribution in [2.75, 3.05) is 7.05 Å². The first-order valence-corrected chi connectivity index (χ1v) is 6.01. The van der Waals surface area contributed by atoms with Crippen LogP contribution in [-0.2, 0) is 0 Å². The molecule has 0 aromatic carbocycles. The van der Waals surface area contributed by atoms with Crippen LogP contribution in [-0.4, -0.2) is 17.2 Å². The Morgan fingerprint density at radius 1 is 1.38 bits per heavy atom. The summed E-state index contributed by atoms with van der Waals surface area (Å²) in [5, 5.41) is 13.4. The van der Waals surface area contributed by atoms with Crippen LogP contribution in [0.3, 0.4) is 0 Å². The van der Waals surface area contributed by atoms with Crippen molar-refractivity contribution in [1.29, 1.82) is 0 Å². The maximum absolute atomic E-state index is 5.49. The van der Waals surface area contributed by atoms with Gasteiger partial charge in [-0.05, 0) is 33.9 Å².